The number of hydrogen-bond acceptors (Lipinski definition) is 9. The van der Waals surface area contributed by atoms with E-state index in [1.54, 1.807) is 26.8 Å². The van der Waals surface area contributed by atoms with Gasteiger partial charge >= 0.3 is 23.9 Å². The molecule has 1 aromatic rings. The Morgan fingerprint density at radius 2 is 1.26 bits per heavy atom. The van der Waals surface area contributed by atoms with Crippen LogP contribution in [0.15, 0.2) is 18.2 Å². The van der Waals surface area contributed by atoms with Crippen molar-refractivity contribution in [2.75, 3.05) is 0 Å². The summed E-state index contributed by atoms with van der Waals surface area (Å²) in [4.78, 5) is 49.3. The minimum Gasteiger partial charge on any atom is -0.459 e. The molecule has 38 heavy (non-hydrogen) atoms. The van der Waals surface area contributed by atoms with Gasteiger partial charge in [0.05, 0.1) is 5.92 Å². The van der Waals surface area contributed by atoms with E-state index >= 15 is 0 Å². The van der Waals surface area contributed by atoms with Crippen LogP contribution in [0.25, 0.3) is 0 Å². The van der Waals surface area contributed by atoms with Crippen molar-refractivity contribution in [3.63, 3.8) is 0 Å². The minimum atomic E-state index is -1.02. The van der Waals surface area contributed by atoms with Crippen LogP contribution in [0.2, 0.25) is 0 Å². The van der Waals surface area contributed by atoms with Gasteiger partial charge in [-0.1, -0.05) is 54.0 Å². The Balaban J connectivity index is 2.91. The molecule has 1 aromatic carbocycles. The summed E-state index contributed by atoms with van der Waals surface area (Å²) in [6.45, 7) is 14.7. The molecular formula is C29H45NO8. The Labute approximate surface area is 226 Å². The van der Waals surface area contributed by atoms with E-state index in [1.807, 2.05) is 34.6 Å². The molecule has 0 heterocycles. The Morgan fingerprint density at radius 3 is 1.76 bits per heavy atom. The third-order valence-electron chi connectivity index (χ3n) is 5.75. The number of nitrogens with two attached hydrogens (primary N) is 1. The van der Waals surface area contributed by atoms with Crippen LogP contribution >= 0.6 is 0 Å². The molecule has 0 fully saturated rings. The van der Waals surface area contributed by atoms with Gasteiger partial charge in [0.2, 0.25) is 0 Å². The maximum atomic E-state index is 12.6. The highest BCUT2D eigenvalue weighted by Gasteiger charge is 2.26. The van der Waals surface area contributed by atoms with Crippen molar-refractivity contribution in [3.8, 4) is 11.5 Å². The summed E-state index contributed by atoms with van der Waals surface area (Å²) in [5.74, 6) is -1.74. The van der Waals surface area contributed by atoms with E-state index in [4.69, 9.17) is 24.7 Å². The maximum Gasteiger partial charge on any atom is 0.323 e. The molecule has 2 N–H and O–H groups in total. The normalized spacial score (nSPS) is 14.4. The van der Waals surface area contributed by atoms with Crippen LogP contribution in [0.3, 0.4) is 0 Å². The average molecular weight is 536 g/mol. The number of hydrogen-bond donors (Lipinski definition) is 1. The van der Waals surface area contributed by atoms with Crippen LogP contribution in [0.1, 0.15) is 86.6 Å². The number of carbonyl (C=O) groups excluding carboxylic acids is 4. The van der Waals surface area contributed by atoms with E-state index in [0.717, 1.165) is 12.8 Å². The highest BCUT2D eigenvalue weighted by atomic mass is 16.6. The first-order valence-electron chi connectivity index (χ1n) is 13.4. The standard InChI is InChI=1S/C29H45NO8/c1-9-10-19(6)28(33)35-20(7)21(8)36-29(34)23(30)15-22-11-12-24(37-26(31)13-17(2)3)25(16-22)38-27(32)14-18(4)5/h11-12,16-21,23H,9-10,13-15,30H2,1-8H3/t19?,20-,21-,23-/m0/s1. The molecule has 0 saturated carbocycles. The smallest absolute Gasteiger partial charge is 0.323 e. The first-order valence-corrected chi connectivity index (χ1v) is 13.4. The highest BCUT2D eigenvalue weighted by molar-refractivity contribution is 5.78. The Kier molecular flexibility index (Phi) is 14.0. The summed E-state index contributed by atoms with van der Waals surface area (Å²) in [6.07, 6.45) is 0.738. The van der Waals surface area contributed by atoms with Gasteiger partial charge < -0.3 is 24.7 Å². The third kappa shape index (κ3) is 12.1. The minimum absolute atomic E-state index is 0.0827. The van der Waals surface area contributed by atoms with Gasteiger partial charge in [0.15, 0.2) is 11.5 Å². The maximum absolute atomic E-state index is 12.6. The molecule has 0 aliphatic rings. The van der Waals surface area contributed by atoms with Gasteiger partial charge in [-0.15, -0.1) is 0 Å². The highest BCUT2D eigenvalue weighted by Crippen LogP contribution is 2.30. The summed E-state index contributed by atoms with van der Waals surface area (Å²) in [5, 5.41) is 0. The van der Waals surface area contributed by atoms with Crippen LogP contribution < -0.4 is 15.2 Å². The third-order valence-corrected chi connectivity index (χ3v) is 5.75. The largest absolute Gasteiger partial charge is 0.459 e. The lowest BCUT2D eigenvalue weighted by Crippen LogP contribution is -2.40. The Bertz CT molecular complexity index is 943. The quantitative estimate of drug-likeness (QED) is 0.249. The van der Waals surface area contributed by atoms with Crippen molar-refractivity contribution >= 4 is 23.9 Å². The van der Waals surface area contributed by atoms with Crippen LogP contribution in [0.5, 0.6) is 11.5 Å². The molecule has 0 bridgehead atoms. The van der Waals surface area contributed by atoms with E-state index in [-0.39, 0.29) is 54.5 Å². The first kappa shape index (κ1) is 33.1. The van der Waals surface area contributed by atoms with E-state index in [2.05, 4.69) is 0 Å². The van der Waals surface area contributed by atoms with Crippen LogP contribution in [0, 0.1) is 17.8 Å². The molecule has 9 heteroatoms. The van der Waals surface area contributed by atoms with Crippen molar-refractivity contribution in [3.05, 3.63) is 23.8 Å². The second-order valence-corrected chi connectivity index (χ2v) is 10.7. The second-order valence-electron chi connectivity index (χ2n) is 10.7. The van der Waals surface area contributed by atoms with Gasteiger partial charge in [-0.25, -0.2) is 0 Å². The van der Waals surface area contributed by atoms with Crippen molar-refractivity contribution in [2.45, 2.75) is 106 Å². The van der Waals surface area contributed by atoms with Crippen molar-refractivity contribution in [1.82, 2.24) is 0 Å². The van der Waals surface area contributed by atoms with E-state index in [1.165, 1.54) is 12.1 Å². The SMILES string of the molecule is CCCC(C)C(=O)O[C@@H](C)[C@H](C)OC(=O)[C@@H](N)Cc1ccc(OC(=O)CC(C)C)c(OC(=O)CC(C)C)c1. The zero-order valence-electron chi connectivity index (χ0n) is 24.1. The molecule has 0 amide bonds. The van der Waals surface area contributed by atoms with Gasteiger partial charge in [-0.3, -0.25) is 19.2 Å². The zero-order chi connectivity index (χ0) is 29.0. The van der Waals surface area contributed by atoms with Crippen molar-refractivity contribution in [2.24, 2.45) is 23.5 Å². The monoisotopic (exact) mass is 535 g/mol. The van der Waals surface area contributed by atoms with Crippen LogP contribution in [-0.2, 0) is 35.1 Å². The van der Waals surface area contributed by atoms with Gasteiger partial charge in [0, 0.05) is 12.8 Å². The van der Waals surface area contributed by atoms with Gasteiger partial charge in [-0.05, 0) is 56.2 Å². The van der Waals surface area contributed by atoms with E-state index in [0.29, 0.717) is 5.56 Å². The Hall–Kier alpha value is -2.94. The van der Waals surface area contributed by atoms with Crippen molar-refractivity contribution < 1.29 is 38.1 Å². The topological polar surface area (TPSA) is 131 Å². The molecule has 0 saturated heterocycles. The average Bonchev–Trinajstić information content (AvgIpc) is 2.79. The van der Waals surface area contributed by atoms with Gasteiger partial charge in [-0.2, -0.15) is 0 Å². The van der Waals surface area contributed by atoms with Gasteiger partial charge in [0.1, 0.15) is 18.2 Å². The fourth-order valence-corrected chi connectivity index (χ4v) is 3.49. The van der Waals surface area contributed by atoms with Crippen LogP contribution in [0.4, 0.5) is 0 Å². The summed E-state index contributed by atoms with van der Waals surface area (Å²) >= 11 is 0. The predicted octanol–water partition coefficient (Wildman–Crippen LogP) is 4.76. The number of esters is 4. The number of carbonyl (C=O) groups is 4. The summed E-state index contributed by atoms with van der Waals surface area (Å²) in [6, 6.07) is 3.68. The van der Waals surface area contributed by atoms with Gasteiger partial charge in [0.25, 0.3) is 0 Å². The molecule has 0 radical (unpaired) electrons. The molecule has 1 unspecified atom stereocenters. The molecule has 4 atom stereocenters. The molecule has 0 aliphatic carbocycles. The molecule has 214 valence electrons. The summed E-state index contributed by atoms with van der Waals surface area (Å²) in [5.41, 5.74) is 6.69. The number of rotatable bonds is 15. The molecule has 0 spiro atoms. The Morgan fingerprint density at radius 1 is 0.763 bits per heavy atom. The number of benzene rings is 1. The molecular weight excluding hydrogens is 490 g/mol. The lowest BCUT2D eigenvalue weighted by atomic mass is 10.1. The molecule has 1 rings (SSSR count). The molecule has 9 nitrogen and oxygen atoms in total. The lowest BCUT2D eigenvalue weighted by molar-refractivity contribution is -0.168. The lowest BCUT2D eigenvalue weighted by Gasteiger charge is -2.23. The van der Waals surface area contributed by atoms with Crippen molar-refractivity contribution in [1.29, 1.82) is 0 Å². The van der Waals surface area contributed by atoms with E-state index in [9.17, 15) is 19.2 Å². The predicted molar refractivity (Wildman–Crippen MR) is 143 cm³/mol. The molecule has 0 aromatic heterocycles. The van der Waals surface area contributed by atoms with E-state index < -0.39 is 36.2 Å². The number of ether oxygens (including phenoxy) is 4. The summed E-state index contributed by atoms with van der Waals surface area (Å²) in [7, 11) is 0. The fraction of sp³-hybridized carbons (Fsp3) is 0.655. The molecule has 0 aliphatic heterocycles. The fourth-order valence-electron chi connectivity index (χ4n) is 3.49. The first-order chi connectivity index (χ1) is 17.7. The van der Waals surface area contributed by atoms with Crippen LogP contribution in [-0.4, -0.2) is 42.1 Å². The zero-order valence-corrected chi connectivity index (χ0v) is 24.1. The second kappa shape index (κ2) is 16.1. The summed E-state index contributed by atoms with van der Waals surface area (Å²) < 4.78 is 21.8.